The Bertz CT molecular complexity index is 810. The van der Waals surface area contributed by atoms with Crippen molar-refractivity contribution in [1.82, 2.24) is 0 Å². The average Bonchev–Trinajstić information content (AvgIpc) is 2.67. The molecule has 0 spiro atoms. The number of aryl methyl sites for hydroxylation is 2. The Morgan fingerprint density at radius 2 is 1.38 bits per heavy atom. The second-order valence-corrected chi connectivity index (χ2v) is 7.43. The van der Waals surface area contributed by atoms with E-state index in [2.05, 4.69) is 12.1 Å². The maximum Gasteiger partial charge on any atom is 0.169 e. The van der Waals surface area contributed by atoms with E-state index in [1.807, 2.05) is 6.07 Å². The quantitative estimate of drug-likeness (QED) is 0.599. The summed E-state index contributed by atoms with van der Waals surface area (Å²) in [5, 5.41) is 10.8. The van der Waals surface area contributed by atoms with E-state index in [0.717, 1.165) is 48.3 Å². The zero-order chi connectivity index (χ0) is 16.8. The fourth-order valence-electron chi connectivity index (χ4n) is 4.76. The Morgan fingerprint density at radius 1 is 0.731 bits per heavy atom. The molecule has 0 saturated heterocycles. The maximum atomic E-state index is 10.8. The molecule has 0 atom stereocenters. The monoisotopic (exact) mass is 520 g/mol. The Balaban J connectivity index is 0.00000168. The van der Waals surface area contributed by atoms with Crippen molar-refractivity contribution >= 4 is 0 Å². The van der Waals surface area contributed by atoms with E-state index >= 15 is 0 Å². The van der Waals surface area contributed by atoms with Gasteiger partial charge in [-0.3, -0.25) is 0 Å². The van der Waals surface area contributed by atoms with Gasteiger partial charge in [-0.25, -0.2) is 0 Å². The molecule has 0 unspecified atom stereocenters. The van der Waals surface area contributed by atoms with Gasteiger partial charge in [0.25, 0.3) is 0 Å². The number of phenols is 1. The van der Waals surface area contributed by atoms with E-state index in [4.69, 9.17) is 9.47 Å². The van der Waals surface area contributed by atoms with Gasteiger partial charge in [0.15, 0.2) is 11.5 Å². The summed E-state index contributed by atoms with van der Waals surface area (Å²) >= 11 is 0. The molecule has 0 radical (unpaired) electrons. The molecule has 0 amide bonds. The van der Waals surface area contributed by atoms with Crippen LogP contribution in [0.5, 0.6) is 17.2 Å². The number of aromatic hydroxyl groups is 1. The van der Waals surface area contributed by atoms with Gasteiger partial charge in [0.1, 0.15) is 19.0 Å². The van der Waals surface area contributed by atoms with E-state index in [-0.39, 0.29) is 21.1 Å². The standard InChI is InChI=1S/C22H24O3.W/c23-18-10-9-14-5-1-3-7-16(14)20(18)21-17-8-4-2-6-15(17)13-19-22(21)25-12-11-24-19;/h9-10,13,23H,1-8,11-12H2;. The van der Waals surface area contributed by atoms with Crippen molar-refractivity contribution in [2.24, 2.45) is 0 Å². The Hall–Kier alpha value is -1.47. The molecule has 0 fully saturated rings. The number of phenolic OH excluding ortho intramolecular Hbond substituents is 1. The van der Waals surface area contributed by atoms with E-state index in [9.17, 15) is 5.11 Å². The van der Waals surface area contributed by atoms with Crippen LogP contribution >= 0.6 is 0 Å². The van der Waals surface area contributed by atoms with Gasteiger partial charge in [-0.05, 0) is 85.8 Å². The molecule has 0 bridgehead atoms. The molecular weight excluding hydrogens is 496 g/mol. The minimum absolute atomic E-state index is 0. The van der Waals surface area contributed by atoms with Gasteiger partial charge in [0.2, 0.25) is 0 Å². The van der Waals surface area contributed by atoms with Gasteiger partial charge >= 0.3 is 0 Å². The molecule has 1 heterocycles. The van der Waals surface area contributed by atoms with Crippen LogP contribution in [0.25, 0.3) is 11.1 Å². The summed E-state index contributed by atoms with van der Waals surface area (Å²) in [5.41, 5.74) is 7.57. The molecule has 2 aromatic carbocycles. The van der Waals surface area contributed by atoms with Crippen LogP contribution in [0.15, 0.2) is 18.2 Å². The van der Waals surface area contributed by atoms with Crippen LogP contribution in [0.2, 0.25) is 0 Å². The summed E-state index contributed by atoms with van der Waals surface area (Å²) in [6.07, 6.45) is 9.16. The number of fused-ring (bicyclic) bond motifs is 3. The van der Waals surface area contributed by atoms with Crippen LogP contribution in [-0.4, -0.2) is 18.3 Å². The molecule has 26 heavy (non-hydrogen) atoms. The van der Waals surface area contributed by atoms with Gasteiger partial charge < -0.3 is 14.6 Å². The SMILES string of the molecule is Oc1ccc2c(c1-c1c3c(cc4c1OCCO4)CCCC3)CCCC2.[W]. The Labute approximate surface area is 169 Å². The van der Waals surface area contributed by atoms with Gasteiger partial charge in [0, 0.05) is 32.2 Å². The third-order valence-corrected chi connectivity index (χ3v) is 5.92. The molecule has 4 heteroatoms. The Morgan fingerprint density at radius 3 is 2.19 bits per heavy atom. The van der Waals surface area contributed by atoms with E-state index in [1.165, 1.54) is 47.9 Å². The first-order valence-corrected chi connectivity index (χ1v) is 9.61. The van der Waals surface area contributed by atoms with Crippen molar-refractivity contribution in [1.29, 1.82) is 0 Å². The molecule has 1 N–H and O–H groups in total. The summed E-state index contributed by atoms with van der Waals surface area (Å²) in [6.45, 7) is 1.18. The normalized spacial score (nSPS) is 17.7. The zero-order valence-electron chi connectivity index (χ0n) is 15.0. The molecule has 2 aromatic rings. The third-order valence-electron chi connectivity index (χ3n) is 5.92. The molecule has 3 nitrogen and oxygen atoms in total. The number of benzene rings is 2. The predicted molar refractivity (Wildman–Crippen MR) is 97.8 cm³/mol. The van der Waals surface area contributed by atoms with Crippen molar-refractivity contribution in [2.45, 2.75) is 51.4 Å². The molecule has 0 aromatic heterocycles. The van der Waals surface area contributed by atoms with Crippen LogP contribution in [0, 0.1) is 0 Å². The Kier molecular flexibility index (Phi) is 5.01. The average molecular weight is 520 g/mol. The minimum atomic E-state index is 0. The van der Waals surface area contributed by atoms with Crippen molar-refractivity contribution in [2.75, 3.05) is 13.2 Å². The first-order chi connectivity index (χ1) is 12.3. The van der Waals surface area contributed by atoms with E-state index in [0.29, 0.717) is 19.0 Å². The van der Waals surface area contributed by atoms with Crippen molar-refractivity contribution in [3.05, 3.63) is 40.5 Å². The minimum Gasteiger partial charge on any atom is -0.507 e. The summed E-state index contributed by atoms with van der Waals surface area (Å²) in [5.74, 6) is 2.09. The number of hydrogen-bond donors (Lipinski definition) is 1. The fourth-order valence-corrected chi connectivity index (χ4v) is 4.76. The smallest absolute Gasteiger partial charge is 0.169 e. The van der Waals surface area contributed by atoms with Crippen LogP contribution < -0.4 is 9.47 Å². The molecule has 136 valence electrons. The van der Waals surface area contributed by atoms with E-state index < -0.39 is 0 Å². The fraction of sp³-hybridized carbons (Fsp3) is 0.455. The summed E-state index contributed by atoms with van der Waals surface area (Å²) < 4.78 is 12.0. The first kappa shape index (κ1) is 17.9. The van der Waals surface area contributed by atoms with Crippen LogP contribution in [0.3, 0.4) is 0 Å². The number of ether oxygens (including phenoxy) is 2. The van der Waals surface area contributed by atoms with Crippen LogP contribution in [0.4, 0.5) is 0 Å². The molecule has 5 rings (SSSR count). The third kappa shape index (κ3) is 2.85. The molecule has 1 aliphatic heterocycles. The van der Waals surface area contributed by atoms with E-state index in [1.54, 1.807) is 0 Å². The molecular formula is C22H24O3W. The molecule has 3 aliphatic rings. The van der Waals surface area contributed by atoms with Gasteiger partial charge in [-0.1, -0.05) is 6.07 Å². The van der Waals surface area contributed by atoms with Crippen molar-refractivity contribution in [3.8, 4) is 28.4 Å². The number of rotatable bonds is 1. The summed E-state index contributed by atoms with van der Waals surface area (Å²) in [6, 6.07) is 6.16. The maximum absolute atomic E-state index is 10.8. The van der Waals surface area contributed by atoms with Gasteiger partial charge in [-0.15, -0.1) is 0 Å². The van der Waals surface area contributed by atoms with Crippen molar-refractivity contribution in [3.63, 3.8) is 0 Å². The van der Waals surface area contributed by atoms with Crippen molar-refractivity contribution < 1.29 is 35.6 Å². The van der Waals surface area contributed by atoms with Crippen LogP contribution in [0.1, 0.15) is 47.9 Å². The zero-order valence-corrected chi connectivity index (χ0v) is 17.9. The summed E-state index contributed by atoms with van der Waals surface area (Å²) in [4.78, 5) is 0. The second kappa shape index (κ2) is 7.27. The molecule has 0 saturated carbocycles. The molecule has 2 aliphatic carbocycles. The van der Waals surface area contributed by atoms with Gasteiger partial charge in [0.05, 0.1) is 0 Å². The number of hydrogen-bond acceptors (Lipinski definition) is 3. The first-order valence-electron chi connectivity index (χ1n) is 9.61. The largest absolute Gasteiger partial charge is 0.507 e. The predicted octanol–water partition coefficient (Wildman–Crippen LogP) is 4.59. The summed E-state index contributed by atoms with van der Waals surface area (Å²) in [7, 11) is 0. The van der Waals surface area contributed by atoms with Gasteiger partial charge in [-0.2, -0.15) is 0 Å². The second-order valence-electron chi connectivity index (χ2n) is 7.43. The topological polar surface area (TPSA) is 38.7 Å². The van der Waals surface area contributed by atoms with Crippen LogP contribution in [-0.2, 0) is 46.7 Å².